The molecule has 0 rings (SSSR count). The number of hydrogen-bond donors (Lipinski definition) is 0. The molecule has 0 aromatic rings. The van der Waals surface area contributed by atoms with Gasteiger partial charge >= 0.3 is 0 Å². The molecule has 68 valence electrons. The third-order valence-electron chi connectivity index (χ3n) is 1.75. The van der Waals surface area contributed by atoms with Crippen LogP contribution in [-0.4, -0.2) is 17.6 Å². The molecule has 0 nitrogen and oxygen atoms in total. The van der Waals surface area contributed by atoms with Gasteiger partial charge in [-0.05, 0) is 17.8 Å². The van der Waals surface area contributed by atoms with Crippen LogP contribution < -0.4 is 0 Å². The molecule has 0 radical (unpaired) electrons. The predicted molar refractivity (Wildman–Crippen MR) is 54.0 cm³/mol. The van der Waals surface area contributed by atoms with Gasteiger partial charge in [0.15, 0.2) is 0 Å². The van der Waals surface area contributed by atoms with Crippen molar-refractivity contribution in [2.45, 2.75) is 20.3 Å². The van der Waals surface area contributed by atoms with Crippen molar-refractivity contribution in [2.75, 3.05) is 17.6 Å². The van der Waals surface area contributed by atoms with Gasteiger partial charge in [-0.25, -0.2) is 0 Å². The van der Waals surface area contributed by atoms with Crippen molar-refractivity contribution in [1.29, 1.82) is 0 Å². The van der Waals surface area contributed by atoms with Gasteiger partial charge in [-0.15, -0.1) is 34.8 Å². The lowest BCUT2D eigenvalue weighted by Gasteiger charge is -2.26. The maximum absolute atomic E-state index is 5.78. The number of hydrogen-bond acceptors (Lipinski definition) is 0. The summed E-state index contributed by atoms with van der Waals surface area (Å²) in [4.78, 5) is 0. The second-order valence-electron chi connectivity index (χ2n) is 3.54. The molecule has 0 saturated carbocycles. The van der Waals surface area contributed by atoms with Crippen LogP contribution in [0.3, 0.4) is 0 Å². The maximum atomic E-state index is 5.78. The van der Waals surface area contributed by atoms with Crippen molar-refractivity contribution >= 4 is 34.8 Å². The van der Waals surface area contributed by atoms with Crippen LogP contribution in [0.25, 0.3) is 0 Å². The molecule has 0 aromatic heterocycles. The molecule has 0 spiro atoms. The van der Waals surface area contributed by atoms with E-state index in [9.17, 15) is 0 Å². The second kappa shape index (κ2) is 5.50. The highest BCUT2D eigenvalue weighted by molar-refractivity contribution is 6.21. The third kappa shape index (κ3) is 4.45. The van der Waals surface area contributed by atoms with Gasteiger partial charge in [-0.3, -0.25) is 0 Å². The van der Waals surface area contributed by atoms with Crippen molar-refractivity contribution < 1.29 is 0 Å². The summed E-state index contributed by atoms with van der Waals surface area (Å²) in [6, 6.07) is 0. The first kappa shape index (κ1) is 11.9. The highest BCUT2D eigenvalue weighted by Gasteiger charge is 2.24. The summed E-state index contributed by atoms with van der Waals surface area (Å²) in [5.74, 6) is 2.40. The summed E-state index contributed by atoms with van der Waals surface area (Å²) < 4.78 is 0. The monoisotopic (exact) mass is 216 g/mol. The van der Waals surface area contributed by atoms with Crippen LogP contribution in [0.5, 0.6) is 0 Å². The fourth-order valence-corrected chi connectivity index (χ4v) is 1.65. The van der Waals surface area contributed by atoms with E-state index in [1.807, 2.05) is 0 Å². The minimum absolute atomic E-state index is 0.0530. The molecule has 11 heavy (non-hydrogen) atoms. The van der Waals surface area contributed by atoms with Gasteiger partial charge in [0.1, 0.15) is 0 Å². The zero-order chi connectivity index (χ0) is 8.91. The van der Waals surface area contributed by atoms with Crippen molar-refractivity contribution in [1.82, 2.24) is 0 Å². The summed E-state index contributed by atoms with van der Waals surface area (Å²) in [6.45, 7) is 4.21. The molecule has 0 aliphatic rings. The van der Waals surface area contributed by atoms with Crippen LogP contribution in [0.4, 0.5) is 0 Å². The number of rotatable bonds is 5. The van der Waals surface area contributed by atoms with E-state index in [0.29, 0.717) is 23.6 Å². The summed E-state index contributed by atoms with van der Waals surface area (Å²) in [6.07, 6.45) is 1.00. The fourth-order valence-electron chi connectivity index (χ4n) is 1.04. The largest absolute Gasteiger partial charge is 0.126 e. The predicted octanol–water partition coefficient (Wildman–Crippen LogP) is 3.74. The molecule has 0 aliphatic heterocycles. The van der Waals surface area contributed by atoms with Crippen LogP contribution in [-0.2, 0) is 0 Å². The number of halogens is 3. The van der Waals surface area contributed by atoms with Gasteiger partial charge in [-0.2, -0.15) is 0 Å². The van der Waals surface area contributed by atoms with E-state index in [0.717, 1.165) is 6.42 Å². The fraction of sp³-hybridized carbons (Fsp3) is 1.00. The molecule has 3 heteroatoms. The quantitative estimate of drug-likeness (QED) is 0.616. The average Bonchev–Trinajstić information content (AvgIpc) is 2.04. The minimum atomic E-state index is 0.0530. The van der Waals surface area contributed by atoms with E-state index < -0.39 is 0 Å². The Morgan fingerprint density at radius 3 is 1.91 bits per heavy atom. The molecule has 0 N–H and O–H groups in total. The molecule has 0 heterocycles. The first-order chi connectivity index (χ1) is 5.08. The molecular weight excluding hydrogens is 202 g/mol. The second-order valence-corrected chi connectivity index (χ2v) is 4.38. The lowest BCUT2D eigenvalue weighted by molar-refractivity contribution is 0.333. The van der Waals surface area contributed by atoms with Crippen molar-refractivity contribution in [3.8, 4) is 0 Å². The lowest BCUT2D eigenvalue weighted by atomic mass is 9.86. The van der Waals surface area contributed by atoms with E-state index in [2.05, 4.69) is 13.8 Å². The normalized spacial score (nSPS) is 15.0. The molecule has 0 amide bonds. The third-order valence-corrected chi connectivity index (χ3v) is 3.57. The van der Waals surface area contributed by atoms with Crippen molar-refractivity contribution in [3.05, 3.63) is 0 Å². The van der Waals surface area contributed by atoms with Gasteiger partial charge in [0.05, 0.1) is 0 Å². The zero-order valence-corrected chi connectivity index (χ0v) is 9.31. The van der Waals surface area contributed by atoms with E-state index in [4.69, 9.17) is 34.8 Å². The Bertz CT molecular complexity index is 99.5. The number of alkyl halides is 3. The SMILES string of the molecule is CC(CCl)CC(C)(CCl)CCl. The smallest absolute Gasteiger partial charge is 0.0288 e. The summed E-state index contributed by atoms with van der Waals surface area (Å²) in [7, 11) is 0. The Morgan fingerprint density at radius 1 is 1.18 bits per heavy atom. The van der Waals surface area contributed by atoms with Gasteiger partial charge in [-0.1, -0.05) is 13.8 Å². The highest BCUT2D eigenvalue weighted by Crippen LogP contribution is 2.29. The molecule has 0 saturated heterocycles. The lowest BCUT2D eigenvalue weighted by Crippen LogP contribution is -2.24. The molecule has 1 unspecified atom stereocenters. The van der Waals surface area contributed by atoms with Crippen LogP contribution in [0.15, 0.2) is 0 Å². The molecule has 0 aliphatic carbocycles. The first-order valence-corrected chi connectivity index (χ1v) is 5.36. The van der Waals surface area contributed by atoms with E-state index in [1.54, 1.807) is 0 Å². The van der Waals surface area contributed by atoms with Crippen LogP contribution in [0.2, 0.25) is 0 Å². The standard InChI is InChI=1S/C8H15Cl3/c1-7(4-9)3-8(2,5-10)6-11/h7H,3-6H2,1-2H3. The molecule has 0 fully saturated rings. The summed E-state index contributed by atoms with van der Waals surface area (Å²) in [5.41, 5.74) is 0.0530. The van der Waals surface area contributed by atoms with Gasteiger partial charge in [0, 0.05) is 17.6 Å². The zero-order valence-electron chi connectivity index (χ0n) is 7.04. The van der Waals surface area contributed by atoms with Crippen molar-refractivity contribution in [2.24, 2.45) is 11.3 Å². The van der Waals surface area contributed by atoms with Gasteiger partial charge < -0.3 is 0 Å². The van der Waals surface area contributed by atoms with E-state index >= 15 is 0 Å². The summed E-state index contributed by atoms with van der Waals surface area (Å²) >= 11 is 17.3. The Balaban J connectivity index is 3.86. The summed E-state index contributed by atoms with van der Waals surface area (Å²) in [5, 5.41) is 0. The minimum Gasteiger partial charge on any atom is -0.126 e. The maximum Gasteiger partial charge on any atom is 0.0288 e. The van der Waals surface area contributed by atoms with Crippen LogP contribution in [0.1, 0.15) is 20.3 Å². The Hall–Kier alpha value is 0.870. The molecule has 1 atom stereocenters. The van der Waals surface area contributed by atoms with E-state index in [-0.39, 0.29) is 5.41 Å². The van der Waals surface area contributed by atoms with Crippen molar-refractivity contribution in [3.63, 3.8) is 0 Å². The van der Waals surface area contributed by atoms with Crippen LogP contribution >= 0.6 is 34.8 Å². The van der Waals surface area contributed by atoms with E-state index in [1.165, 1.54) is 0 Å². The highest BCUT2D eigenvalue weighted by atomic mass is 35.5. The van der Waals surface area contributed by atoms with Gasteiger partial charge in [0.2, 0.25) is 0 Å². The topological polar surface area (TPSA) is 0 Å². The Labute approximate surface area is 84.2 Å². The Kier molecular flexibility index (Phi) is 5.94. The first-order valence-electron chi connectivity index (χ1n) is 3.76. The van der Waals surface area contributed by atoms with Gasteiger partial charge in [0.25, 0.3) is 0 Å². The molecule has 0 bridgehead atoms. The molecule has 0 aromatic carbocycles. The van der Waals surface area contributed by atoms with Crippen LogP contribution in [0, 0.1) is 11.3 Å². The average molecular weight is 218 g/mol. The molecular formula is C8H15Cl3. The Morgan fingerprint density at radius 2 is 1.64 bits per heavy atom.